The number of aliphatic carboxylic acids is 1. The second-order valence-corrected chi connectivity index (χ2v) is 5.35. The average Bonchev–Trinajstić information content (AvgIpc) is 3.23. The molecule has 5 nitrogen and oxygen atoms in total. The van der Waals surface area contributed by atoms with Crippen LogP contribution in [0.5, 0.6) is 0 Å². The van der Waals surface area contributed by atoms with Gasteiger partial charge < -0.3 is 10.0 Å². The second kappa shape index (κ2) is 5.60. The van der Waals surface area contributed by atoms with E-state index in [-0.39, 0.29) is 0 Å². The van der Waals surface area contributed by atoms with Gasteiger partial charge in [0.25, 0.3) is 0 Å². The Bertz CT molecular complexity index is 686. The zero-order chi connectivity index (χ0) is 14.8. The van der Waals surface area contributed by atoms with Gasteiger partial charge in [0.05, 0.1) is 5.69 Å². The summed E-state index contributed by atoms with van der Waals surface area (Å²) in [6.45, 7) is 3.10. The van der Waals surface area contributed by atoms with E-state index in [0.29, 0.717) is 6.04 Å². The first-order chi connectivity index (χ1) is 10.2. The summed E-state index contributed by atoms with van der Waals surface area (Å²) >= 11 is 0. The first-order valence-corrected chi connectivity index (χ1v) is 7.35. The Kier molecular flexibility index (Phi) is 3.64. The fraction of sp³-hybridized carbons (Fsp3) is 0.375. The summed E-state index contributed by atoms with van der Waals surface area (Å²) in [5, 5.41) is 8.91. The van der Waals surface area contributed by atoms with Crippen LogP contribution < -0.4 is 4.90 Å². The lowest BCUT2D eigenvalue weighted by Crippen LogP contribution is -2.27. The third kappa shape index (κ3) is 2.77. The molecule has 0 spiro atoms. The third-order valence-corrected chi connectivity index (χ3v) is 3.66. The fourth-order valence-electron chi connectivity index (χ4n) is 2.61. The maximum absolute atomic E-state index is 10.9. The number of carbonyl (C=O) groups is 1. The van der Waals surface area contributed by atoms with Crippen molar-refractivity contribution in [1.82, 2.24) is 9.38 Å². The van der Waals surface area contributed by atoms with Gasteiger partial charge >= 0.3 is 5.97 Å². The first kappa shape index (κ1) is 13.7. The van der Waals surface area contributed by atoms with E-state index in [4.69, 9.17) is 10.1 Å². The number of hydrogen-bond donors (Lipinski definition) is 1. The Hall–Kier alpha value is -2.30. The molecule has 1 saturated carbocycles. The quantitative estimate of drug-likeness (QED) is 0.829. The number of hydrogen-bond acceptors (Lipinski definition) is 3. The number of imidazole rings is 1. The highest BCUT2D eigenvalue weighted by atomic mass is 16.4. The topological polar surface area (TPSA) is 57.8 Å². The lowest BCUT2D eigenvalue weighted by atomic mass is 10.3. The minimum atomic E-state index is -0.944. The predicted molar refractivity (Wildman–Crippen MR) is 82.5 cm³/mol. The molecule has 0 bridgehead atoms. The van der Waals surface area contributed by atoms with Gasteiger partial charge in [0.15, 0.2) is 5.82 Å². The normalized spacial score (nSPS) is 14.9. The predicted octanol–water partition coefficient (Wildman–Crippen LogP) is 2.81. The summed E-state index contributed by atoms with van der Waals surface area (Å²) in [6.07, 6.45) is 8.17. The van der Waals surface area contributed by atoms with E-state index in [0.717, 1.165) is 30.1 Å². The minimum absolute atomic E-state index is 0.548. The Morgan fingerprint density at radius 1 is 1.52 bits per heavy atom. The van der Waals surface area contributed by atoms with Gasteiger partial charge in [0.2, 0.25) is 0 Å². The Morgan fingerprint density at radius 3 is 3.00 bits per heavy atom. The van der Waals surface area contributed by atoms with Crippen LogP contribution in [0.3, 0.4) is 0 Å². The van der Waals surface area contributed by atoms with Crippen LogP contribution in [0.2, 0.25) is 0 Å². The van der Waals surface area contributed by atoms with E-state index in [2.05, 4.69) is 11.8 Å². The molecular formula is C16H19N3O2. The molecule has 1 aliphatic carbocycles. The van der Waals surface area contributed by atoms with E-state index >= 15 is 0 Å². The molecule has 1 aliphatic rings. The SMILES string of the molecule is CCCN(c1nc2ccccn2c1/C=C/C(=O)O)C1CC1. The van der Waals surface area contributed by atoms with Crippen LogP contribution in [0.15, 0.2) is 30.5 Å². The maximum Gasteiger partial charge on any atom is 0.328 e. The van der Waals surface area contributed by atoms with Gasteiger partial charge in [-0.05, 0) is 37.5 Å². The van der Waals surface area contributed by atoms with Crippen molar-refractivity contribution >= 4 is 23.5 Å². The van der Waals surface area contributed by atoms with E-state index in [1.54, 1.807) is 6.08 Å². The number of fused-ring (bicyclic) bond motifs is 1. The molecule has 2 aromatic heterocycles. The zero-order valence-electron chi connectivity index (χ0n) is 12.1. The minimum Gasteiger partial charge on any atom is -0.478 e. The molecule has 3 rings (SSSR count). The molecule has 0 atom stereocenters. The summed E-state index contributed by atoms with van der Waals surface area (Å²) in [5.74, 6) is -0.0525. The van der Waals surface area contributed by atoms with Crippen molar-refractivity contribution in [3.05, 3.63) is 36.2 Å². The van der Waals surface area contributed by atoms with Crippen LogP contribution in [0.25, 0.3) is 11.7 Å². The van der Waals surface area contributed by atoms with Crippen molar-refractivity contribution in [1.29, 1.82) is 0 Å². The Morgan fingerprint density at radius 2 is 2.33 bits per heavy atom. The van der Waals surface area contributed by atoms with E-state index in [9.17, 15) is 4.79 Å². The second-order valence-electron chi connectivity index (χ2n) is 5.35. The number of aromatic nitrogens is 2. The highest BCUT2D eigenvalue weighted by Gasteiger charge is 2.31. The molecule has 21 heavy (non-hydrogen) atoms. The van der Waals surface area contributed by atoms with E-state index in [1.165, 1.54) is 18.9 Å². The maximum atomic E-state index is 10.9. The van der Waals surface area contributed by atoms with Crippen molar-refractivity contribution in [2.24, 2.45) is 0 Å². The summed E-state index contributed by atoms with van der Waals surface area (Å²) in [5.41, 5.74) is 1.69. The molecule has 0 radical (unpaired) electrons. The number of pyridine rings is 1. The fourth-order valence-corrected chi connectivity index (χ4v) is 2.61. The van der Waals surface area contributed by atoms with Gasteiger partial charge in [-0.2, -0.15) is 0 Å². The number of nitrogens with zero attached hydrogens (tertiary/aromatic N) is 3. The highest BCUT2D eigenvalue weighted by molar-refractivity contribution is 5.86. The summed E-state index contributed by atoms with van der Waals surface area (Å²) < 4.78 is 1.94. The molecule has 0 amide bonds. The average molecular weight is 285 g/mol. The lowest BCUT2D eigenvalue weighted by Gasteiger charge is -2.22. The van der Waals surface area contributed by atoms with Crippen molar-refractivity contribution in [2.45, 2.75) is 32.2 Å². The van der Waals surface area contributed by atoms with Crippen LogP contribution in [-0.4, -0.2) is 33.0 Å². The molecule has 1 fully saturated rings. The highest BCUT2D eigenvalue weighted by Crippen LogP contribution is 2.34. The zero-order valence-corrected chi connectivity index (χ0v) is 12.1. The number of carboxylic acid groups (broad SMARTS) is 1. The molecule has 2 aromatic rings. The van der Waals surface area contributed by atoms with Gasteiger partial charge in [-0.1, -0.05) is 13.0 Å². The van der Waals surface area contributed by atoms with E-state index in [1.807, 2.05) is 28.8 Å². The molecule has 0 aromatic carbocycles. The molecule has 0 unspecified atom stereocenters. The third-order valence-electron chi connectivity index (χ3n) is 3.66. The van der Waals surface area contributed by atoms with Crippen molar-refractivity contribution < 1.29 is 9.90 Å². The molecule has 5 heteroatoms. The standard InChI is InChI=1S/C16H19N3O2/c1-2-10-18(12-6-7-12)16-13(8-9-15(20)21)19-11-4-3-5-14(19)17-16/h3-5,8-9,11-12H,2,6-7,10H2,1H3,(H,20,21)/b9-8+. The molecule has 2 heterocycles. The molecule has 110 valence electrons. The summed E-state index contributed by atoms with van der Waals surface area (Å²) in [7, 11) is 0. The molecule has 0 saturated heterocycles. The Labute approximate surface area is 123 Å². The van der Waals surface area contributed by atoms with Crippen LogP contribution in [0.1, 0.15) is 31.9 Å². The summed E-state index contributed by atoms with van der Waals surface area (Å²) in [4.78, 5) is 17.9. The van der Waals surface area contributed by atoms with Crippen LogP contribution in [0.4, 0.5) is 5.82 Å². The molecule has 0 aliphatic heterocycles. The summed E-state index contributed by atoms with van der Waals surface area (Å²) in [6, 6.07) is 6.36. The van der Waals surface area contributed by atoms with E-state index < -0.39 is 5.97 Å². The van der Waals surface area contributed by atoms with Crippen LogP contribution in [-0.2, 0) is 4.79 Å². The molecule has 1 N–H and O–H groups in total. The number of anilines is 1. The van der Waals surface area contributed by atoms with Gasteiger partial charge in [-0.25, -0.2) is 9.78 Å². The number of carboxylic acids is 1. The van der Waals surface area contributed by atoms with Gasteiger partial charge in [-0.3, -0.25) is 4.40 Å². The van der Waals surface area contributed by atoms with Crippen LogP contribution >= 0.6 is 0 Å². The van der Waals surface area contributed by atoms with Crippen molar-refractivity contribution in [3.8, 4) is 0 Å². The number of rotatable bonds is 6. The van der Waals surface area contributed by atoms with Crippen LogP contribution in [0, 0.1) is 0 Å². The Balaban J connectivity index is 2.10. The van der Waals surface area contributed by atoms with Gasteiger partial charge in [0.1, 0.15) is 5.65 Å². The largest absolute Gasteiger partial charge is 0.478 e. The van der Waals surface area contributed by atoms with Crippen molar-refractivity contribution in [2.75, 3.05) is 11.4 Å². The molecular weight excluding hydrogens is 266 g/mol. The van der Waals surface area contributed by atoms with Gasteiger partial charge in [-0.15, -0.1) is 0 Å². The first-order valence-electron chi connectivity index (χ1n) is 7.35. The van der Waals surface area contributed by atoms with Crippen molar-refractivity contribution in [3.63, 3.8) is 0 Å². The lowest BCUT2D eigenvalue weighted by molar-refractivity contribution is -0.131. The van der Waals surface area contributed by atoms with Gasteiger partial charge in [0, 0.05) is 24.9 Å². The monoisotopic (exact) mass is 285 g/mol. The smallest absolute Gasteiger partial charge is 0.328 e.